The molecule has 0 bridgehead atoms. The number of piperidine rings is 1. The van der Waals surface area contributed by atoms with Crippen LogP contribution in [0.5, 0.6) is 0 Å². The molecule has 4 rings (SSSR count). The van der Waals surface area contributed by atoms with Crippen molar-refractivity contribution < 1.29 is 14.3 Å². The Hall–Kier alpha value is -1.95. The van der Waals surface area contributed by atoms with E-state index >= 15 is 0 Å². The maximum absolute atomic E-state index is 12.6. The van der Waals surface area contributed by atoms with Gasteiger partial charge in [0, 0.05) is 39.1 Å². The van der Waals surface area contributed by atoms with Crippen LogP contribution in [0.1, 0.15) is 36.0 Å². The van der Waals surface area contributed by atoms with Crippen molar-refractivity contribution in [2.75, 3.05) is 26.7 Å². The highest BCUT2D eigenvalue weighted by Gasteiger charge is 2.61. The van der Waals surface area contributed by atoms with Gasteiger partial charge in [-0.15, -0.1) is 0 Å². The molecular formula is C18H23N3O3. The van der Waals surface area contributed by atoms with Crippen molar-refractivity contribution in [1.29, 1.82) is 0 Å². The summed E-state index contributed by atoms with van der Waals surface area (Å²) in [6, 6.07) is 3.57. The lowest BCUT2D eigenvalue weighted by atomic mass is 9.72. The quantitative estimate of drug-likeness (QED) is 0.782. The molecule has 24 heavy (non-hydrogen) atoms. The van der Waals surface area contributed by atoms with Gasteiger partial charge >= 0.3 is 0 Å². The Bertz CT molecular complexity index is 636. The highest BCUT2D eigenvalue weighted by Crippen LogP contribution is 2.45. The fourth-order valence-electron chi connectivity index (χ4n) is 4.12. The summed E-state index contributed by atoms with van der Waals surface area (Å²) in [6.45, 7) is 2.17. The number of carbonyl (C=O) groups excluding carboxylic acids is 2. The van der Waals surface area contributed by atoms with Crippen molar-refractivity contribution in [1.82, 2.24) is 14.8 Å². The zero-order chi connectivity index (χ0) is 16.7. The number of amides is 2. The molecule has 2 aliphatic heterocycles. The summed E-state index contributed by atoms with van der Waals surface area (Å²) in [5.41, 5.74) is 0.413. The maximum atomic E-state index is 12.6. The molecule has 128 valence electrons. The van der Waals surface area contributed by atoms with Crippen LogP contribution in [-0.2, 0) is 9.53 Å². The zero-order valence-corrected chi connectivity index (χ0v) is 14.0. The predicted octanol–water partition coefficient (Wildman–Crippen LogP) is 1.32. The highest BCUT2D eigenvalue weighted by molar-refractivity contribution is 5.94. The lowest BCUT2D eigenvalue weighted by molar-refractivity contribution is -0.198. The third-order valence-corrected chi connectivity index (χ3v) is 5.71. The summed E-state index contributed by atoms with van der Waals surface area (Å²) in [7, 11) is 1.62. The van der Waals surface area contributed by atoms with Crippen molar-refractivity contribution in [2.45, 2.75) is 37.3 Å². The molecule has 1 aliphatic carbocycles. The van der Waals surface area contributed by atoms with Crippen LogP contribution in [0.4, 0.5) is 0 Å². The largest absolute Gasteiger partial charge is 0.369 e. The minimum atomic E-state index is -0.341. The van der Waals surface area contributed by atoms with Crippen molar-refractivity contribution in [2.24, 2.45) is 5.92 Å². The third-order valence-electron chi connectivity index (χ3n) is 5.71. The molecule has 0 radical (unpaired) electrons. The van der Waals surface area contributed by atoms with E-state index in [0.29, 0.717) is 24.6 Å². The van der Waals surface area contributed by atoms with Gasteiger partial charge in [0.25, 0.3) is 11.8 Å². The van der Waals surface area contributed by atoms with Crippen LogP contribution in [0.2, 0.25) is 0 Å². The van der Waals surface area contributed by atoms with Crippen LogP contribution < -0.4 is 0 Å². The fourth-order valence-corrected chi connectivity index (χ4v) is 4.12. The van der Waals surface area contributed by atoms with Crippen LogP contribution in [0, 0.1) is 5.92 Å². The second-order valence-electron chi connectivity index (χ2n) is 7.15. The predicted molar refractivity (Wildman–Crippen MR) is 87.3 cm³/mol. The summed E-state index contributed by atoms with van der Waals surface area (Å²) in [6.07, 6.45) is 6.96. The fraction of sp³-hybridized carbons (Fsp3) is 0.611. The van der Waals surface area contributed by atoms with E-state index in [1.165, 1.54) is 12.8 Å². The number of hydrogen-bond donors (Lipinski definition) is 0. The molecule has 1 aromatic rings. The Morgan fingerprint density at radius 2 is 2.12 bits per heavy atom. The maximum Gasteiger partial charge on any atom is 0.255 e. The molecule has 0 aromatic carbocycles. The number of ether oxygens (including phenoxy) is 1. The molecule has 1 saturated carbocycles. The second-order valence-corrected chi connectivity index (χ2v) is 7.15. The molecule has 6 heteroatoms. The number of methoxy groups -OCH3 is 1. The number of β-lactam (4-membered cyclic amide) rings is 1. The van der Waals surface area contributed by atoms with Gasteiger partial charge in [-0.1, -0.05) is 0 Å². The van der Waals surface area contributed by atoms with E-state index in [1.807, 2.05) is 9.80 Å². The number of nitrogens with zero attached hydrogens (tertiary/aromatic N) is 3. The first-order valence-electron chi connectivity index (χ1n) is 8.69. The van der Waals surface area contributed by atoms with Crippen molar-refractivity contribution in [3.63, 3.8) is 0 Å². The summed E-state index contributed by atoms with van der Waals surface area (Å²) in [5, 5.41) is 0. The van der Waals surface area contributed by atoms with E-state index in [1.54, 1.807) is 31.6 Å². The van der Waals surface area contributed by atoms with Gasteiger partial charge in [0.2, 0.25) is 0 Å². The number of aromatic nitrogens is 1. The molecule has 1 atom stereocenters. The van der Waals surface area contributed by atoms with Gasteiger partial charge in [0.1, 0.15) is 0 Å². The van der Waals surface area contributed by atoms with Crippen molar-refractivity contribution in [3.8, 4) is 0 Å². The van der Waals surface area contributed by atoms with Gasteiger partial charge in [-0.2, -0.15) is 0 Å². The van der Waals surface area contributed by atoms with Crippen molar-refractivity contribution in [3.05, 3.63) is 30.1 Å². The molecule has 0 N–H and O–H groups in total. The summed E-state index contributed by atoms with van der Waals surface area (Å²) in [5.74, 6) is 0.807. The molecule has 2 amide bonds. The van der Waals surface area contributed by atoms with Gasteiger partial charge < -0.3 is 14.5 Å². The molecule has 1 unspecified atom stereocenters. The molecule has 3 fully saturated rings. The Labute approximate surface area is 141 Å². The van der Waals surface area contributed by atoms with E-state index in [2.05, 4.69) is 4.98 Å². The summed E-state index contributed by atoms with van der Waals surface area (Å²) >= 11 is 0. The van der Waals surface area contributed by atoms with Crippen LogP contribution >= 0.6 is 0 Å². The van der Waals surface area contributed by atoms with Crippen LogP contribution in [0.15, 0.2) is 24.5 Å². The smallest absolute Gasteiger partial charge is 0.255 e. The van der Waals surface area contributed by atoms with Gasteiger partial charge in [-0.3, -0.25) is 14.6 Å². The first-order valence-corrected chi connectivity index (χ1v) is 8.69. The molecule has 6 nitrogen and oxygen atoms in total. The van der Waals surface area contributed by atoms with Crippen molar-refractivity contribution >= 4 is 11.8 Å². The lowest BCUT2D eigenvalue weighted by Gasteiger charge is -2.59. The van der Waals surface area contributed by atoms with E-state index in [9.17, 15) is 9.59 Å². The molecule has 2 saturated heterocycles. The second kappa shape index (κ2) is 5.84. The van der Waals surface area contributed by atoms with E-state index in [0.717, 1.165) is 19.4 Å². The molecule has 3 heterocycles. The summed E-state index contributed by atoms with van der Waals surface area (Å²) in [4.78, 5) is 32.9. The molecule has 1 aromatic heterocycles. The standard InChI is InChI=1S/C18H23N3O3/c1-24-15-17(23)21(12-13-4-5-13)18(15)6-9-20(10-7-18)16(22)14-3-2-8-19-11-14/h2-3,8,11,13,15H,4-7,9-10,12H2,1H3. The zero-order valence-electron chi connectivity index (χ0n) is 14.0. The Morgan fingerprint density at radius 1 is 1.38 bits per heavy atom. The van der Waals surface area contributed by atoms with Gasteiger partial charge in [-0.25, -0.2) is 0 Å². The molecular weight excluding hydrogens is 306 g/mol. The van der Waals surface area contributed by atoms with Gasteiger partial charge in [0.05, 0.1) is 11.1 Å². The average molecular weight is 329 g/mol. The third kappa shape index (κ3) is 2.40. The minimum Gasteiger partial charge on any atom is -0.369 e. The normalized spacial score (nSPS) is 25.7. The topological polar surface area (TPSA) is 62.7 Å². The number of rotatable bonds is 4. The average Bonchev–Trinajstić information content (AvgIpc) is 3.45. The number of carbonyl (C=O) groups is 2. The van der Waals surface area contributed by atoms with E-state index in [4.69, 9.17) is 4.74 Å². The Balaban J connectivity index is 1.45. The Kier molecular flexibility index (Phi) is 3.79. The monoisotopic (exact) mass is 329 g/mol. The van der Waals surface area contributed by atoms with Crippen LogP contribution in [0.3, 0.4) is 0 Å². The molecule has 1 spiro atoms. The first-order chi connectivity index (χ1) is 11.7. The van der Waals surface area contributed by atoms with E-state index < -0.39 is 0 Å². The molecule has 3 aliphatic rings. The van der Waals surface area contributed by atoms with Gasteiger partial charge in [0.15, 0.2) is 6.10 Å². The van der Waals surface area contributed by atoms with Gasteiger partial charge in [-0.05, 0) is 43.7 Å². The number of likely N-dealkylation sites (tertiary alicyclic amines) is 2. The number of pyridine rings is 1. The summed E-state index contributed by atoms with van der Waals surface area (Å²) < 4.78 is 5.50. The first kappa shape index (κ1) is 15.6. The van der Waals surface area contributed by atoms with E-state index in [-0.39, 0.29) is 23.5 Å². The SMILES string of the molecule is COC1C(=O)N(CC2CC2)C12CCN(C(=O)c1cccnc1)CC2. The Morgan fingerprint density at radius 3 is 2.71 bits per heavy atom. The lowest BCUT2D eigenvalue weighted by Crippen LogP contribution is -2.77. The minimum absolute atomic E-state index is 0.0197. The van der Waals surface area contributed by atoms with Crippen LogP contribution in [0.25, 0.3) is 0 Å². The van der Waals surface area contributed by atoms with Crippen LogP contribution in [-0.4, -0.2) is 65.0 Å². The highest BCUT2D eigenvalue weighted by atomic mass is 16.5. The number of hydrogen-bond acceptors (Lipinski definition) is 4.